The second-order valence-electron chi connectivity index (χ2n) is 5.19. The van der Waals surface area contributed by atoms with Gasteiger partial charge in [0, 0.05) is 19.0 Å². The summed E-state index contributed by atoms with van der Waals surface area (Å²) >= 11 is 0. The highest BCUT2D eigenvalue weighted by Crippen LogP contribution is 2.22. The Morgan fingerprint density at radius 3 is 2.05 bits per heavy atom. The van der Waals surface area contributed by atoms with Crippen LogP contribution in [0.25, 0.3) is 0 Å². The van der Waals surface area contributed by atoms with Crippen LogP contribution in [0, 0.1) is 5.92 Å². The second kappa shape index (κ2) is 11.7. The minimum Gasteiger partial charge on any atom is -0.303 e. The fraction of sp³-hybridized carbons (Fsp3) is 1.00. The number of hydrogen-bond acceptors (Lipinski definition) is 2. The maximum absolute atomic E-state index is 13.8. The van der Waals surface area contributed by atoms with Gasteiger partial charge in [-0.2, -0.15) is 0 Å². The van der Waals surface area contributed by atoms with Crippen molar-refractivity contribution in [2.45, 2.75) is 59.5 Å². The third-order valence-electron chi connectivity index (χ3n) is 3.82. The molecular formula is C16H35FN2. The monoisotopic (exact) mass is 274 g/mol. The first kappa shape index (κ1) is 18.9. The Morgan fingerprint density at radius 2 is 1.53 bits per heavy atom. The summed E-state index contributed by atoms with van der Waals surface area (Å²) in [6.45, 7) is 13.1. The van der Waals surface area contributed by atoms with Crippen molar-refractivity contribution >= 4 is 0 Å². The number of nitrogens with zero attached hydrogens (tertiary/aromatic N) is 2. The molecule has 0 radical (unpaired) electrons. The summed E-state index contributed by atoms with van der Waals surface area (Å²) in [5.74, 6) is 0.291. The predicted octanol–water partition coefficient (Wildman–Crippen LogP) is 3.81. The second-order valence-corrected chi connectivity index (χ2v) is 5.19. The summed E-state index contributed by atoms with van der Waals surface area (Å²) in [5, 5.41) is 0. The van der Waals surface area contributed by atoms with Gasteiger partial charge in [-0.05, 0) is 45.9 Å². The van der Waals surface area contributed by atoms with Crippen LogP contribution in [0.4, 0.5) is 4.39 Å². The fourth-order valence-corrected chi connectivity index (χ4v) is 2.78. The lowest BCUT2D eigenvalue weighted by molar-refractivity contribution is 0.0682. The van der Waals surface area contributed by atoms with Gasteiger partial charge in [0.05, 0.1) is 0 Å². The molecule has 0 aromatic rings. The van der Waals surface area contributed by atoms with Gasteiger partial charge in [0.25, 0.3) is 0 Å². The zero-order valence-corrected chi connectivity index (χ0v) is 13.8. The van der Waals surface area contributed by atoms with E-state index < -0.39 is 6.17 Å². The molecule has 2 atom stereocenters. The van der Waals surface area contributed by atoms with Crippen molar-refractivity contribution in [1.82, 2.24) is 9.80 Å². The first-order chi connectivity index (χ1) is 9.25. The minimum atomic E-state index is -0.606. The van der Waals surface area contributed by atoms with E-state index in [4.69, 9.17) is 0 Å². The van der Waals surface area contributed by atoms with Crippen molar-refractivity contribution in [2.24, 2.45) is 5.92 Å². The van der Waals surface area contributed by atoms with Crippen LogP contribution < -0.4 is 0 Å². The van der Waals surface area contributed by atoms with Gasteiger partial charge in [0.2, 0.25) is 0 Å². The summed E-state index contributed by atoms with van der Waals surface area (Å²) in [6.07, 6.45) is 4.41. The molecule has 116 valence electrons. The molecule has 19 heavy (non-hydrogen) atoms. The number of hydrogen-bond donors (Lipinski definition) is 0. The van der Waals surface area contributed by atoms with Gasteiger partial charge in [-0.15, -0.1) is 0 Å². The standard InChI is InChI=1S/C12H23FN2.2C2H6/c1-14-8-5-11(12(13)10-14)9-15-6-3-2-4-7-15;2*1-2/h11-12H,2-10H2,1H3;2*1-2H3. The molecule has 2 unspecified atom stereocenters. The fourth-order valence-electron chi connectivity index (χ4n) is 2.78. The Balaban J connectivity index is 0.000000741. The summed E-state index contributed by atoms with van der Waals surface area (Å²) < 4.78 is 13.8. The molecule has 0 aromatic carbocycles. The van der Waals surface area contributed by atoms with E-state index in [1.165, 1.54) is 32.4 Å². The summed E-state index contributed by atoms with van der Waals surface area (Å²) in [5.41, 5.74) is 0. The molecule has 0 amide bonds. The number of piperidine rings is 2. The Bertz CT molecular complexity index is 193. The lowest BCUT2D eigenvalue weighted by atomic mass is 9.94. The SMILES string of the molecule is CC.CC.CN1CCC(CN2CCCCC2)C(F)C1. The van der Waals surface area contributed by atoms with Crippen molar-refractivity contribution < 1.29 is 4.39 Å². The van der Waals surface area contributed by atoms with Crippen molar-refractivity contribution in [3.63, 3.8) is 0 Å². The molecule has 2 aliphatic rings. The lowest BCUT2D eigenvalue weighted by Gasteiger charge is -2.36. The van der Waals surface area contributed by atoms with Gasteiger partial charge in [0.1, 0.15) is 6.17 Å². The molecule has 2 rings (SSSR count). The van der Waals surface area contributed by atoms with Crippen LogP contribution in [0.5, 0.6) is 0 Å². The van der Waals surface area contributed by atoms with Crippen LogP contribution in [-0.4, -0.2) is 55.7 Å². The van der Waals surface area contributed by atoms with Crippen LogP contribution in [0.3, 0.4) is 0 Å². The topological polar surface area (TPSA) is 6.48 Å². The number of rotatable bonds is 2. The highest BCUT2D eigenvalue weighted by atomic mass is 19.1. The van der Waals surface area contributed by atoms with Gasteiger partial charge in [0.15, 0.2) is 0 Å². The quantitative estimate of drug-likeness (QED) is 0.755. The third kappa shape index (κ3) is 7.26. The van der Waals surface area contributed by atoms with E-state index in [-0.39, 0.29) is 0 Å². The van der Waals surface area contributed by atoms with E-state index in [2.05, 4.69) is 9.80 Å². The van der Waals surface area contributed by atoms with Crippen LogP contribution in [0.1, 0.15) is 53.4 Å². The van der Waals surface area contributed by atoms with Crippen molar-refractivity contribution in [3.8, 4) is 0 Å². The predicted molar refractivity (Wildman–Crippen MR) is 83.5 cm³/mol. The molecule has 2 saturated heterocycles. The molecule has 0 N–H and O–H groups in total. The van der Waals surface area contributed by atoms with Crippen molar-refractivity contribution in [3.05, 3.63) is 0 Å². The van der Waals surface area contributed by atoms with Crippen molar-refractivity contribution in [2.75, 3.05) is 39.8 Å². The maximum atomic E-state index is 13.8. The van der Waals surface area contributed by atoms with E-state index in [0.717, 1.165) is 19.5 Å². The number of halogens is 1. The Hall–Kier alpha value is -0.150. The van der Waals surface area contributed by atoms with E-state index >= 15 is 0 Å². The minimum absolute atomic E-state index is 0.291. The summed E-state index contributed by atoms with van der Waals surface area (Å²) in [7, 11) is 2.02. The van der Waals surface area contributed by atoms with Crippen LogP contribution in [0.2, 0.25) is 0 Å². The number of alkyl halides is 1. The molecule has 0 saturated carbocycles. The molecule has 2 fully saturated rings. The van der Waals surface area contributed by atoms with E-state index in [1.807, 2.05) is 34.7 Å². The average molecular weight is 274 g/mol. The first-order valence-electron chi connectivity index (χ1n) is 8.30. The van der Waals surface area contributed by atoms with Gasteiger partial charge < -0.3 is 9.80 Å². The highest BCUT2D eigenvalue weighted by molar-refractivity contribution is 4.81. The Labute approximate surface area is 120 Å². The molecule has 2 nitrogen and oxygen atoms in total. The molecule has 0 aliphatic carbocycles. The van der Waals surface area contributed by atoms with Crippen LogP contribution in [-0.2, 0) is 0 Å². The van der Waals surface area contributed by atoms with Crippen LogP contribution in [0.15, 0.2) is 0 Å². The molecule has 2 heterocycles. The normalized spacial score (nSPS) is 28.7. The van der Waals surface area contributed by atoms with E-state index in [1.54, 1.807) is 0 Å². The third-order valence-corrected chi connectivity index (χ3v) is 3.82. The van der Waals surface area contributed by atoms with Gasteiger partial charge in [-0.3, -0.25) is 0 Å². The maximum Gasteiger partial charge on any atom is 0.117 e. The molecule has 0 aromatic heterocycles. The lowest BCUT2D eigenvalue weighted by Crippen LogP contribution is -2.45. The molecule has 3 heteroatoms. The van der Waals surface area contributed by atoms with Gasteiger partial charge in [-0.1, -0.05) is 34.1 Å². The Kier molecular flexibility index (Phi) is 11.6. The molecule has 0 bridgehead atoms. The Morgan fingerprint density at radius 1 is 0.947 bits per heavy atom. The van der Waals surface area contributed by atoms with Gasteiger partial charge >= 0.3 is 0 Å². The molecule has 0 spiro atoms. The largest absolute Gasteiger partial charge is 0.303 e. The summed E-state index contributed by atoms with van der Waals surface area (Å²) in [4.78, 5) is 4.57. The van der Waals surface area contributed by atoms with Crippen molar-refractivity contribution in [1.29, 1.82) is 0 Å². The zero-order valence-electron chi connectivity index (χ0n) is 13.8. The van der Waals surface area contributed by atoms with E-state index in [9.17, 15) is 4.39 Å². The smallest absolute Gasteiger partial charge is 0.117 e. The first-order valence-corrected chi connectivity index (χ1v) is 8.30. The molecule has 2 aliphatic heterocycles. The summed E-state index contributed by atoms with van der Waals surface area (Å²) in [6, 6.07) is 0. The number of likely N-dealkylation sites (tertiary alicyclic amines) is 2. The molecular weight excluding hydrogens is 239 g/mol. The highest BCUT2D eigenvalue weighted by Gasteiger charge is 2.29. The zero-order chi connectivity index (χ0) is 14.7. The van der Waals surface area contributed by atoms with E-state index in [0.29, 0.717) is 12.5 Å². The average Bonchev–Trinajstić information content (AvgIpc) is 2.47. The van der Waals surface area contributed by atoms with Crippen LogP contribution >= 0.6 is 0 Å². The van der Waals surface area contributed by atoms with Gasteiger partial charge in [-0.25, -0.2) is 4.39 Å².